The molecule has 5 nitrogen and oxygen atoms in total. The number of unbranched alkanes of at least 4 members (excludes halogenated alkanes) is 2. The summed E-state index contributed by atoms with van der Waals surface area (Å²) < 4.78 is 34.8. The zero-order valence-corrected chi connectivity index (χ0v) is 14.1. The van der Waals surface area contributed by atoms with Crippen molar-refractivity contribution in [3.05, 3.63) is 59.9 Å². The van der Waals surface area contributed by atoms with Crippen molar-refractivity contribution in [3.8, 4) is 5.75 Å². The summed E-state index contributed by atoms with van der Waals surface area (Å²) in [6.07, 6.45) is 4.32. The van der Waals surface area contributed by atoms with Crippen molar-refractivity contribution in [1.82, 2.24) is 9.55 Å². The van der Waals surface area contributed by atoms with E-state index in [2.05, 4.69) is 9.55 Å². The summed E-state index contributed by atoms with van der Waals surface area (Å²) in [7, 11) is 0. The molecule has 7 heteroatoms. The van der Waals surface area contributed by atoms with E-state index in [1.54, 1.807) is 0 Å². The average molecular weight is 359 g/mol. The summed E-state index contributed by atoms with van der Waals surface area (Å²) >= 11 is 0. The van der Waals surface area contributed by atoms with Crippen LogP contribution in [0.2, 0.25) is 0 Å². The number of fused-ring (bicyclic) bond motifs is 1. The summed E-state index contributed by atoms with van der Waals surface area (Å²) in [6.45, 7) is 1.10. The normalized spacial score (nSPS) is 11.0. The fourth-order valence-corrected chi connectivity index (χ4v) is 2.80. The van der Waals surface area contributed by atoms with Crippen LogP contribution in [0, 0.1) is 11.6 Å². The van der Waals surface area contributed by atoms with Gasteiger partial charge in [0.15, 0.2) is 11.6 Å². The number of imidazole rings is 1. The zero-order valence-electron chi connectivity index (χ0n) is 14.1. The molecule has 0 unspecified atom stereocenters. The lowest BCUT2D eigenvalue weighted by Crippen LogP contribution is -2.16. The van der Waals surface area contributed by atoms with Crippen LogP contribution in [0.15, 0.2) is 42.7 Å². The number of hydrogen-bond acceptors (Lipinski definition) is 3. The minimum atomic E-state index is -1.15. The largest absolute Gasteiger partial charge is 0.490 e. The first-order chi connectivity index (χ1) is 12.6. The van der Waals surface area contributed by atoms with Crippen LogP contribution in [0.1, 0.15) is 29.6 Å². The second kappa shape index (κ2) is 7.95. The Hall–Kier alpha value is -2.96. The van der Waals surface area contributed by atoms with Crippen molar-refractivity contribution < 1.29 is 18.3 Å². The molecule has 0 saturated heterocycles. The van der Waals surface area contributed by atoms with Gasteiger partial charge in [0.1, 0.15) is 11.4 Å². The lowest BCUT2D eigenvalue weighted by molar-refractivity contribution is 0.0991. The Balaban J connectivity index is 1.46. The van der Waals surface area contributed by atoms with Crippen molar-refractivity contribution in [2.75, 3.05) is 6.61 Å². The van der Waals surface area contributed by atoms with Crippen LogP contribution in [-0.2, 0) is 6.54 Å². The first kappa shape index (κ1) is 17.8. The number of aromatic nitrogens is 2. The van der Waals surface area contributed by atoms with Crippen LogP contribution in [0.4, 0.5) is 8.78 Å². The predicted octanol–water partition coefficient (Wildman–Crippen LogP) is 3.66. The smallest absolute Gasteiger partial charge is 0.254 e. The average Bonchev–Trinajstić information content (AvgIpc) is 3.02. The molecule has 2 aromatic carbocycles. The number of carbonyl (C=O) groups excluding carboxylic acids is 1. The van der Waals surface area contributed by atoms with Gasteiger partial charge in [-0.3, -0.25) is 4.79 Å². The lowest BCUT2D eigenvalue weighted by Gasteiger charge is -2.10. The van der Waals surface area contributed by atoms with Gasteiger partial charge in [0.2, 0.25) is 0 Å². The van der Waals surface area contributed by atoms with Crippen molar-refractivity contribution in [3.63, 3.8) is 0 Å². The maximum atomic E-state index is 14.0. The van der Waals surface area contributed by atoms with E-state index in [1.807, 2.05) is 30.6 Å². The number of aryl methyl sites for hydroxylation is 1. The molecule has 1 amide bonds. The Kier molecular flexibility index (Phi) is 5.46. The first-order valence-corrected chi connectivity index (χ1v) is 8.38. The topological polar surface area (TPSA) is 70.1 Å². The third-order valence-electron chi connectivity index (χ3n) is 4.13. The molecule has 0 aliphatic heterocycles. The number of benzene rings is 2. The fraction of sp³-hybridized carbons (Fsp3) is 0.263. The first-order valence-electron chi connectivity index (χ1n) is 8.38. The number of primary amides is 1. The summed E-state index contributed by atoms with van der Waals surface area (Å²) in [6, 6.07) is 10.1. The molecule has 0 fully saturated rings. The van der Waals surface area contributed by atoms with E-state index in [0.717, 1.165) is 42.6 Å². The molecule has 0 saturated carbocycles. The van der Waals surface area contributed by atoms with Gasteiger partial charge in [0, 0.05) is 6.54 Å². The Morgan fingerprint density at radius 3 is 2.73 bits per heavy atom. The van der Waals surface area contributed by atoms with Gasteiger partial charge in [-0.2, -0.15) is 0 Å². The molecule has 1 heterocycles. The molecule has 26 heavy (non-hydrogen) atoms. The Labute approximate surface area is 149 Å². The van der Waals surface area contributed by atoms with Gasteiger partial charge in [-0.05, 0) is 43.5 Å². The lowest BCUT2D eigenvalue weighted by atomic mass is 10.1. The predicted molar refractivity (Wildman–Crippen MR) is 94.0 cm³/mol. The number of para-hydroxylation sites is 2. The molecule has 136 valence electrons. The fourth-order valence-electron chi connectivity index (χ4n) is 2.80. The van der Waals surface area contributed by atoms with Crippen molar-refractivity contribution in [2.45, 2.75) is 25.8 Å². The molecule has 1 aromatic heterocycles. The molecular formula is C19H19F2N3O2. The van der Waals surface area contributed by atoms with E-state index in [4.69, 9.17) is 10.5 Å². The number of nitrogens with zero attached hydrogens (tertiary/aromatic N) is 2. The monoisotopic (exact) mass is 359 g/mol. The summed E-state index contributed by atoms with van der Waals surface area (Å²) in [5, 5.41) is 0. The number of ether oxygens (including phenoxy) is 1. The minimum Gasteiger partial charge on any atom is -0.490 e. The molecule has 2 N–H and O–H groups in total. The highest BCUT2D eigenvalue weighted by Gasteiger charge is 2.19. The standard InChI is InChI=1S/C19H19F2N3O2/c20-13-8-9-16(18(21)17(13)19(22)25)26-11-5-1-4-10-24-12-23-14-6-2-3-7-15(14)24/h2-3,6-9,12H,1,4-5,10-11H2,(H2,22,25). The molecule has 0 spiro atoms. The number of rotatable bonds is 8. The van der Waals surface area contributed by atoms with E-state index in [0.29, 0.717) is 6.42 Å². The van der Waals surface area contributed by atoms with Crippen LogP contribution >= 0.6 is 0 Å². The van der Waals surface area contributed by atoms with Crippen LogP contribution in [-0.4, -0.2) is 22.1 Å². The van der Waals surface area contributed by atoms with E-state index in [1.165, 1.54) is 0 Å². The quantitative estimate of drug-likeness (QED) is 0.624. The van der Waals surface area contributed by atoms with E-state index in [-0.39, 0.29) is 12.4 Å². The number of carbonyl (C=O) groups is 1. The zero-order chi connectivity index (χ0) is 18.5. The molecule has 0 radical (unpaired) electrons. The Morgan fingerprint density at radius 2 is 1.92 bits per heavy atom. The number of amides is 1. The van der Waals surface area contributed by atoms with Gasteiger partial charge in [-0.1, -0.05) is 12.1 Å². The maximum Gasteiger partial charge on any atom is 0.254 e. The Bertz CT molecular complexity index is 924. The highest BCUT2D eigenvalue weighted by molar-refractivity contribution is 5.93. The summed E-state index contributed by atoms with van der Waals surface area (Å²) in [5.41, 5.74) is 6.27. The summed E-state index contributed by atoms with van der Waals surface area (Å²) in [5.74, 6) is -3.36. The van der Waals surface area contributed by atoms with Crippen LogP contribution < -0.4 is 10.5 Å². The van der Waals surface area contributed by atoms with E-state index >= 15 is 0 Å². The maximum absolute atomic E-state index is 14.0. The van der Waals surface area contributed by atoms with Crippen LogP contribution in [0.5, 0.6) is 5.75 Å². The molecule has 0 aliphatic carbocycles. The van der Waals surface area contributed by atoms with Gasteiger partial charge >= 0.3 is 0 Å². The van der Waals surface area contributed by atoms with E-state index in [9.17, 15) is 13.6 Å². The second-order valence-corrected chi connectivity index (χ2v) is 5.93. The molecule has 0 aliphatic rings. The number of halogens is 2. The molecule has 3 aromatic rings. The number of nitrogens with two attached hydrogens (primary N) is 1. The molecule has 3 rings (SSSR count). The van der Waals surface area contributed by atoms with Gasteiger partial charge in [0.25, 0.3) is 5.91 Å². The number of hydrogen-bond donors (Lipinski definition) is 1. The highest BCUT2D eigenvalue weighted by atomic mass is 19.1. The SMILES string of the molecule is NC(=O)c1c(F)ccc(OCCCCCn2cnc3ccccc32)c1F. The summed E-state index contributed by atoms with van der Waals surface area (Å²) in [4.78, 5) is 15.4. The highest BCUT2D eigenvalue weighted by Crippen LogP contribution is 2.23. The van der Waals surface area contributed by atoms with Gasteiger partial charge in [-0.15, -0.1) is 0 Å². The minimum absolute atomic E-state index is 0.166. The third kappa shape index (κ3) is 3.82. The third-order valence-corrected chi connectivity index (χ3v) is 4.13. The van der Waals surface area contributed by atoms with Gasteiger partial charge in [0.05, 0.1) is 24.0 Å². The van der Waals surface area contributed by atoms with E-state index < -0.39 is 23.1 Å². The molecule has 0 bridgehead atoms. The van der Waals surface area contributed by atoms with Crippen molar-refractivity contribution >= 4 is 16.9 Å². The van der Waals surface area contributed by atoms with Gasteiger partial charge < -0.3 is 15.0 Å². The van der Waals surface area contributed by atoms with Crippen molar-refractivity contribution in [2.24, 2.45) is 5.73 Å². The van der Waals surface area contributed by atoms with Crippen LogP contribution in [0.25, 0.3) is 11.0 Å². The second-order valence-electron chi connectivity index (χ2n) is 5.93. The molecular weight excluding hydrogens is 340 g/mol. The molecule has 0 atom stereocenters. The Morgan fingerprint density at radius 1 is 1.12 bits per heavy atom. The van der Waals surface area contributed by atoms with Gasteiger partial charge in [-0.25, -0.2) is 13.8 Å². The van der Waals surface area contributed by atoms with Crippen LogP contribution in [0.3, 0.4) is 0 Å². The van der Waals surface area contributed by atoms with Crippen molar-refractivity contribution in [1.29, 1.82) is 0 Å².